The van der Waals surface area contributed by atoms with Crippen LogP contribution < -0.4 is 0 Å². The fraction of sp³-hybridized carbons (Fsp3) is 0.375. The summed E-state index contributed by atoms with van der Waals surface area (Å²) in [5.41, 5.74) is 0.860. The Labute approximate surface area is 134 Å². The SMILES string of the molecule is C[C@H]1CCCN(C2=NC(=O)/C(=C/c3ccccc3Cl)S2)C1. The Morgan fingerprint density at radius 1 is 1.43 bits per heavy atom. The molecule has 5 heteroatoms. The first-order chi connectivity index (χ1) is 10.1. The average molecular weight is 321 g/mol. The second-order valence-corrected chi connectivity index (χ2v) is 6.94. The maximum absolute atomic E-state index is 12.1. The molecule has 0 spiro atoms. The molecule has 1 fully saturated rings. The smallest absolute Gasteiger partial charge is 0.286 e. The van der Waals surface area contributed by atoms with Crippen molar-refractivity contribution >= 4 is 40.5 Å². The summed E-state index contributed by atoms with van der Waals surface area (Å²) in [7, 11) is 0. The number of carbonyl (C=O) groups excluding carboxylic acids is 1. The summed E-state index contributed by atoms with van der Waals surface area (Å²) < 4.78 is 0. The van der Waals surface area contributed by atoms with Crippen molar-refractivity contribution in [3.8, 4) is 0 Å². The molecule has 2 heterocycles. The summed E-state index contributed by atoms with van der Waals surface area (Å²) >= 11 is 7.60. The van der Waals surface area contributed by atoms with Gasteiger partial charge in [-0.2, -0.15) is 4.99 Å². The van der Waals surface area contributed by atoms with Crippen molar-refractivity contribution in [2.24, 2.45) is 10.9 Å². The summed E-state index contributed by atoms with van der Waals surface area (Å²) in [6.07, 6.45) is 4.25. The lowest BCUT2D eigenvalue weighted by atomic mass is 10.0. The Morgan fingerprint density at radius 2 is 2.24 bits per heavy atom. The van der Waals surface area contributed by atoms with E-state index in [-0.39, 0.29) is 5.91 Å². The summed E-state index contributed by atoms with van der Waals surface area (Å²) in [5.74, 6) is 0.502. The van der Waals surface area contributed by atoms with Gasteiger partial charge in [-0.1, -0.05) is 36.7 Å². The van der Waals surface area contributed by atoms with Crippen LogP contribution in [0.15, 0.2) is 34.2 Å². The lowest BCUT2D eigenvalue weighted by molar-refractivity contribution is -0.113. The summed E-state index contributed by atoms with van der Waals surface area (Å²) in [5, 5.41) is 1.49. The molecule has 1 saturated heterocycles. The van der Waals surface area contributed by atoms with Crippen molar-refractivity contribution < 1.29 is 4.79 Å². The first-order valence-electron chi connectivity index (χ1n) is 7.15. The number of benzene rings is 1. The molecule has 0 unspecified atom stereocenters. The number of nitrogens with zero attached hydrogens (tertiary/aromatic N) is 2. The van der Waals surface area contributed by atoms with Crippen molar-refractivity contribution in [1.29, 1.82) is 0 Å². The number of hydrogen-bond acceptors (Lipinski definition) is 3. The first-order valence-corrected chi connectivity index (χ1v) is 8.35. The van der Waals surface area contributed by atoms with Crippen LogP contribution in [0.1, 0.15) is 25.3 Å². The summed E-state index contributed by atoms with van der Waals surface area (Å²) in [6, 6.07) is 7.53. The maximum atomic E-state index is 12.1. The number of likely N-dealkylation sites (tertiary alicyclic amines) is 1. The Balaban J connectivity index is 1.77. The minimum Gasteiger partial charge on any atom is -0.351 e. The van der Waals surface area contributed by atoms with Gasteiger partial charge in [0.15, 0.2) is 5.17 Å². The Kier molecular flexibility index (Phi) is 4.36. The number of amides is 1. The Bertz CT molecular complexity index is 626. The zero-order valence-corrected chi connectivity index (χ0v) is 13.5. The molecular formula is C16H17ClN2OS. The van der Waals surface area contributed by atoms with Crippen molar-refractivity contribution in [3.63, 3.8) is 0 Å². The van der Waals surface area contributed by atoms with E-state index in [1.54, 1.807) is 0 Å². The number of piperidine rings is 1. The predicted molar refractivity (Wildman–Crippen MR) is 89.4 cm³/mol. The Morgan fingerprint density at radius 3 is 3.00 bits per heavy atom. The highest BCUT2D eigenvalue weighted by atomic mass is 35.5. The molecule has 2 aliphatic rings. The van der Waals surface area contributed by atoms with E-state index in [9.17, 15) is 4.79 Å². The van der Waals surface area contributed by atoms with Gasteiger partial charge in [-0.3, -0.25) is 4.79 Å². The van der Waals surface area contributed by atoms with Gasteiger partial charge in [0, 0.05) is 18.1 Å². The predicted octanol–water partition coefficient (Wildman–Crippen LogP) is 4.04. The third-order valence-electron chi connectivity index (χ3n) is 3.73. The van der Waals surface area contributed by atoms with Crippen LogP contribution in [0, 0.1) is 5.92 Å². The third-order valence-corrected chi connectivity index (χ3v) is 5.12. The van der Waals surface area contributed by atoms with E-state index >= 15 is 0 Å². The van der Waals surface area contributed by atoms with Crippen molar-refractivity contribution in [2.75, 3.05) is 13.1 Å². The molecule has 1 atom stereocenters. The number of rotatable bonds is 1. The number of aliphatic imine (C=N–C) groups is 1. The zero-order valence-electron chi connectivity index (χ0n) is 11.9. The zero-order chi connectivity index (χ0) is 14.8. The van der Waals surface area contributed by atoms with Gasteiger partial charge in [0.2, 0.25) is 0 Å². The largest absolute Gasteiger partial charge is 0.351 e. The fourth-order valence-corrected chi connectivity index (χ4v) is 3.76. The van der Waals surface area contributed by atoms with E-state index in [0.29, 0.717) is 15.8 Å². The van der Waals surface area contributed by atoms with E-state index in [1.807, 2.05) is 30.3 Å². The van der Waals surface area contributed by atoms with E-state index in [4.69, 9.17) is 11.6 Å². The van der Waals surface area contributed by atoms with Gasteiger partial charge < -0.3 is 4.90 Å². The van der Waals surface area contributed by atoms with Crippen molar-refractivity contribution in [3.05, 3.63) is 39.8 Å². The topological polar surface area (TPSA) is 32.7 Å². The normalized spacial score (nSPS) is 24.6. The molecule has 0 aliphatic carbocycles. The van der Waals surface area contributed by atoms with Crippen LogP contribution in [0.4, 0.5) is 0 Å². The summed E-state index contributed by atoms with van der Waals surface area (Å²) in [6.45, 7) is 4.22. The third kappa shape index (κ3) is 3.33. The van der Waals surface area contributed by atoms with Crippen molar-refractivity contribution in [2.45, 2.75) is 19.8 Å². The maximum Gasteiger partial charge on any atom is 0.286 e. The molecule has 3 nitrogen and oxygen atoms in total. The molecule has 1 aromatic rings. The van der Waals surface area contributed by atoms with Crippen LogP contribution in [0.5, 0.6) is 0 Å². The lowest BCUT2D eigenvalue weighted by Gasteiger charge is -2.31. The Hall–Kier alpha value is -1.26. The molecule has 1 amide bonds. The second-order valence-electron chi connectivity index (χ2n) is 5.53. The molecule has 0 saturated carbocycles. The van der Waals surface area contributed by atoms with Crippen LogP contribution in [0.25, 0.3) is 6.08 Å². The molecule has 2 aliphatic heterocycles. The number of halogens is 1. The van der Waals surface area contributed by atoms with E-state index in [1.165, 1.54) is 24.6 Å². The van der Waals surface area contributed by atoms with Gasteiger partial charge in [0.25, 0.3) is 5.91 Å². The number of thioether (sulfide) groups is 1. The van der Waals surface area contributed by atoms with Crippen molar-refractivity contribution in [1.82, 2.24) is 4.90 Å². The van der Waals surface area contributed by atoms with Crippen LogP contribution in [-0.4, -0.2) is 29.1 Å². The monoisotopic (exact) mass is 320 g/mol. The molecule has 21 heavy (non-hydrogen) atoms. The summed E-state index contributed by atoms with van der Waals surface area (Å²) in [4.78, 5) is 19.2. The molecule has 0 bridgehead atoms. The molecule has 1 aromatic carbocycles. The van der Waals surface area contributed by atoms with E-state index < -0.39 is 0 Å². The van der Waals surface area contributed by atoms with Gasteiger partial charge in [-0.05, 0) is 48.2 Å². The molecule has 110 valence electrons. The van der Waals surface area contributed by atoms with Crippen LogP contribution in [0.2, 0.25) is 5.02 Å². The van der Waals surface area contributed by atoms with Gasteiger partial charge in [0.1, 0.15) is 0 Å². The van der Waals surface area contributed by atoms with E-state index in [2.05, 4.69) is 16.8 Å². The van der Waals surface area contributed by atoms with Gasteiger partial charge >= 0.3 is 0 Å². The lowest BCUT2D eigenvalue weighted by Crippen LogP contribution is -2.37. The van der Waals surface area contributed by atoms with Gasteiger partial charge in [-0.15, -0.1) is 0 Å². The molecule has 0 radical (unpaired) electrons. The van der Waals surface area contributed by atoms with Gasteiger partial charge in [0.05, 0.1) is 4.91 Å². The number of hydrogen-bond donors (Lipinski definition) is 0. The highest BCUT2D eigenvalue weighted by Gasteiger charge is 2.28. The van der Waals surface area contributed by atoms with Gasteiger partial charge in [-0.25, -0.2) is 0 Å². The standard InChI is InChI=1S/C16H17ClN2OS/c1-11-5-4-8-19(10-11)16-18-15(20)14(21-16)9-12-6-2-3-7-13(12)17/h2-3,6-7,9,11H,4-5,8,10H2,1H3/b14-9-/t11-/m0/s1. The minimum absolute atomic E-state index is 0.159. The minimum atomic E-state index is -0.159. The highest BCUT2D eigenvalue weighted by molar-refractivity contribution is 8.18. The quantitative estimate of drug-likeness (QED) is 0.732. The van der Waals surface area contributed by atoms with Crippen LogP contribution >= 0.6 is 23.4 Å². The highest BCUT2D eigenvalue weighted by Crippen LogP contribution is 2.33. The fourth-order valence-electron chi connectivity index (χ4n) is 2.63. The number of amidine groups is 1. The first kappa shape index (κ1) is 14.7. The van der Waals surface area contributed by atoms with Crippen LogP contribution in [-0.2, 0) is 4.79 Å². The molecular weight excluding hydrogens is 304 g/mol. The molecule has 3 rings (SSSR count). The van der Waals surface area contributed by atoms with E-state index in [0.717, 1.165) is 23.8 Å². The molecule has 0 N–H and O–H groups in total. The average Bonchev–Trinajstić information content (AvgIpc) is 2.83. The van der Waals surface area contributed by atoms with Crippen LogP contribution in [0.3, 0.4) is 0 Å². The number of carbonyl (C=O) groups is 1. The molecule has 0 aromatic heterocycles. The second kappa shape index (κ2) is 6.24.